The second-order valence-electron chi connectivity index (χ2n) is 4.65. The summed E-state index contributed by atoms with van der Waals surface area (Å²) in [7, 11) is 0. The molecule has 0 heterocycles. The lowest BCUT2D eigenvalue weighted by atomic mass is 10.1. The zero-order valence-corrected chi connectivity index (χ0v) is 9.93. The molecule has 1 atom stereocenters. The Morgan fingerprint density at radius 1 is 1.29 bits per heavy atom. The number of hydrogen-bond donors (Lipinski definition) is 2. The molecule has 1 amide bonds. The van der Waals surface area contributed by atoms with Crippen LogP contribution in [0, 0.1) is 5.92 Å². The summed E-state index contributed by atoms with van der Waals surface area (Å²) in [6, 6.07) is 9.42. The van der Waals surface area contributed by atoms with Crippen molar-refractivity contribution in [1.29, 1.82) is 0 Å². The second kappa shape index (κ2) is 5.82. The normalized spacial score (nSPS) is 17.9. The summed E-state index contributed by atoms with van der Waals surface area (Å²) < 4.78 is 0. The van der Waals surface area contributed by atoms with E-state index in [0.717, 1.165) is 31.2 Å². The van der Waals surface area contributed by atoms with E-state index in [9.17, 15) is 9.90 Å². The smallest absolute Gasteiger partial charge is 0.223 e. The molecule has 3 nitrogen and oxygen atoms in total. The quantitative estimate of drug-likeness (QED) is 0.836. The Hall–Kier alpha value is -1.35. The lowest BCUT2D eigenvalue weighted by Crippen LogP contribution is -2.32. The maximum absolute atomic E-state index is 11.8. The number of aliphatic hydroxyl groups is 1. The minimum atomic E-state index is -0.610. The van der Waals surface area contributed by atoms with Crippen molar-refractivity contribution >= 4 is 5.91 Å². The number of hydrogen-bond acceptors (Lipinski definition) is 2. The van der Waals surface area contributed by atoms with Gasteiger partial charge >= 0.3 is 0 Å². The molecule has 1 aliphatic rings. The van der Waals surface area contributed by atoms with Gasteiger partial charge in [-0.1, -0.05) is 43.2 Å². The summed E-state index contributed by atoms with van der Waals surface area (Å²) in [5.74, 6) is 0.260. The van der Waals surface area contributed by atoms with Gasteiger partial charge in [0.2, 0.25) is 5.91 Å². The van der Waals surface area contributed by atoms with Crippen LogP contribution in [0.3, 0.4) is 0 Å². The first-order chi connectivity index (χ1) is 8.27. The third-order valence-electron chi connectivity index (χ3n) is 3.38. The minimum absolute atomic E-state index is 0.0949. The Morgan fingerprint density at radius 3 is 2.59 bits per heavy atom. The van der Waals surface area contributed by atoms with E-state index in [4.69, 9.17) is 0 Å². The van der Waals surface area contributed by atoms with Gasteiger partial charge in [0.05, 0.1) is 6.10 Å². The SMILES string of the molecule is O=C(NCC(O)c1ccccc1)C1CCCC1. The van der Waals surface area contributed by atoms with E-state index in [1.807, 2.05) is 30.3 Å². The summed E-state index contributed by atoms with van der Waals surface area (Å²) >= 11 is 0. The van der Waals surface area contributed by atoms with E-state index in [-0.39, 0.29) is 11.8 Å². The fourth-order valence-corrected chi connectivity index (χ4v) is 2.32. The molecular formula is C14H19NO2. The molecule has 1 aromatic rings. The third kappa shape index (κ3) is 3.30. The number of carbonyl (C=O) groups is 1. The third-order valence-corrected chi connectivity index (χ3v) is 3.38. The highest BCUT2D eigenvalue weighted by atomic mass is 16.3. The van der Waals surface area contributed by atoms with E-state index >= 15 is 0 Å². The molecule has 0 radical (unpaired) electrons. The van der Waals surface area contributed by atoms with Crippen molar-refractivity contribution in [2.75, 3.05) is 6.54 Å². The molecule has 0 aliphatic heterocycles. The summed E-state index contributed by atoms with van der Waals surface area (Å²) in [5.41, 5.74) is 0.847. The van der Waals surface area contributed by atoms with Crippen molar-refractivity contribution in [3.05, 3.63) is 35.9 Å². The lowest BCUT2D eigenvalue weighted by molar-refractivity contribution is -0.125. The highest BCUT2D eigenvalue weighted by Gasteiger charge is 2.22. The van der Waals surface area contributed by atoms with Crippen molar-refractivity contribution in [2.24, 2.45) is 5.92 Å². The molecular weight excluding hydrogens is 214 g/mol. The van der Waals surface area contributed by atoms with Crippen LogP contribution in [0.4, 0.5) is 0 Å². The highest BCUT2D eigenvalue weighted by molar-refractivity contribution is 5.78. The molecule has 1 saturated carbocycles. The molecule has 1 aliphatic carbocycles. The van der Waals surface area contributed by atoms with Crippen LogP contribution in [0.5, 0.6) is 0 Å². The summed E-state index contributed by atoms with van der Waals surface area (Å²) in [6.45, 7) is 0.305. The average molecular weight is 233 g/mol. The van der Waals surface area contributed by atoms with Gasteiger partial charge in [0.25, 0.3) is 0 Å². The molecule has 0 bridgehead atoms. The highest BCUT2D eigenvalue weighted by Crippen LogP contribution is 2.24. The lowest BCUT2D eigenvalue weighted by Gasteiger charge is -2.14. The van der Waals surface area contributed by atoms with Gasteiger partial charge in [-0.05, 0) is 18.4 Å². The fourth-order valence-electron chi connectivity index (χ4n) is 2.32. The van der Waals surface area contributed by atoms with Crippen LogP contribution in [0.15, 0.2) is 30.3 Å². The molecule has 17 heavy (non-hydrogen) atoms. The molecule has 2 rings (SSSR count). The van der Waals surface area contributed by atoms with Crippen LogP contribution in [0.25, 0.3) is 0 Å². The molecule has 1 unspecified atom stereocenters. The number of aliphatic hydroxyl groups excluding tert-OH is 1. The van der Waals surface area contributed by atoms with Crippen molar-refractivity contribution in [2.45, 2.75) is 31.8 Å². The van der Waals surface area contributed by atoms with Gasteiger partial charge in [-0.2, -0.15) is 0 Å². The van der Waals surface area contributed by atoms with E-state index in [1.165, 1.54) is 0 Å². The number of rotatable bonds is 4. The van der Waals surface area contributed by atoms with Crippen molar-refractivity contribution in [3.8, 4) is 0 Å². The van der Waals surface area contributed by atoms with E-state index in [0.29, 0.717) is 6.54 Å². The minimum Gasteiger partial charge on any atom is -0.387 e. The topological polar surface area (TPSA) is 49.3 Å². The Bertz CT molecular complexity index is 358. The Labute approximate surface area is 102 Å². The van der Waals surface area contributed by atoms with Crippen LogP contribution in [-0.2, 0) is 4.79 Å². The van der Waals surface area contributed by atoms with Crippen molar-refractivity contribution in [3.63, 3.8) is 0 Å². The molecule has 0 spiro atoms. The predicted molar refractivity (Wildman–Crippen MR) is 66.4 cm³/mol. The van der Waals surface area contributed by atoms with Gasteiger partial charge < -0.3 is 10.4 Å². The number of nitrogens with one attached hydrogen (secondary N) is 1. The van der Waals surface area contributed by atoms with Crippen LogP contribution in [-0.4, -0.2) is 17.6 Å². The molecule has 0 aromatic heterocycles. The molecule has 3 heteroatoms. The van der Waals surface area contributed by atoms with Gasteiger partial charge in [0, 0.05) is 12.5 Å². The monoisotopic (exact) mass is 233 g/mol. The average Bonchev–Trinajstić information content (AvgIpc) is 2.90. The van der Waals surface area contributed by atoms with E-state index in [2.05, 4.69) is 5.32 Å². The number of benzene rings is 1. The maximum Gasteiger partial charge on any atom is 0.223 e. The van der Waals surface area contributed by atoms with Gasteiger partial charge in [0.15, 0.2) is 0 Å². The first kappa shape index (κ1) is 12.1. The van der Waals surface area contributed by atoms with Gasteiger partial charge in [-0.3, -0.25) is 4.79 Å². The van der Waals surface area contributed by atoms with Crippen LogP contribution in [0.2, 0.25) is 0 Å². The molecule has 2 N–H and O–H groups in total. The predicted octanol–water partition coefficient (Wildman–Crippen LogP) is 2.03. The van der Waals surface area contributed by atoms with E-state index in [1.54, 1.807) is 0 Å². The fraction of sp³-hybridized carbons (Fsp3) is 0.500. The standard InChI is InChI=1S/C14H19NO2/c16-13(11-6-2-1-3-7-11)10-15-14(17)12-8-4-5-9-12/h1-3,6-7,12-13,16H,4-5,8-10H2,(H,15,17). The Kier molecular flexibility index (Phi) is 4.15. The van der Waals surface area contributed by atoms with E-state index < -0.39 is 6.10 Å². The van der Waals surface area contributed by atoms with Crippen LogP contribution in [0.1, 0.15) is 37.4 Å². The second-order valence-corrected chi connectivity index (χ2v) is 4.65. The van der Waals surface area contributed by atoms with Crippen LogP contribution < -0.4 is 5.32 Å². The summed E-state index contributed by atoms with van der Waals surface area (Å²) in [5, 5.41) is 12.7. The first-order valence-electron chi connectivity index (χ1n) is 6.28. The summed E-state index contributed by atoms with van der Waals surface area (Å²) in [4.78, 5) is 11.8. The Morgan fingerprint density at radius 2 is 1.94 bits per heavy atom. The molecule has 0 saturated heterocycles. The number of carbonyl (C=O) groups excluding carboxylic acids is 1. The molecule has 1 aromatic carbocycles. The summed E-state index contributed by atoms with van der Waals surface area (Å²) in [6.07, 6.45) is 3.68. The Balaban J connectivity index is 1.80. The first-order valence-corrected chi connectivity index (χ1v) is 6.28. The zero-order valence-electron chi connectivity index (χ0n) is 9.93. The molecule has 1 fully saturated rings. The van der Waals surface area contributed by atoms with Crippen molar-refractivity contribution in [1.82, 2.24) is 5.32 Å². The van der Waals surface area contributed by atoms with Gasteiger partial charge in [-0.15, -0.1) is 0 Å². The van der Waals surface area contributed by atoms with Crippen LogP contribution >= 0.6 is 0 Å². The largest absolute Gasteiger partial charge is 0.387 e. The van der Waals surface area contributed by atoms with Gasteiger partial charge in [0.1, 0.15) is 0 Å². The maximum atomic E-state index is 11.8. The number of amides is 1. The molecule has 92 valence electrons. The van der Waals surface area contributed by atoms with Gasteiger partial charge in [-0.25, -0.2) is 0 Å². The zero-order chi connectivity index (χ0) is 12.1. The van der Waals surface area contributed by atoms with Crippen molar-refractivity contribution < 1.29 is 9.90 Å².